The monoisotopic (exact) mass is 515 g/mol. The maximum absolute atomic E-state index is 11.5. The fourth-order valence-corrected chi connectivity index (χ4v) is 10.5. The van der Waals surface area contributed by atoms with Gasteiger partial charge in [-0.25, -0.2) is 0 Å². The summed E-state index contributed by atoms with van der Waals surface area (Å²) < 4.78 is 33.8. The van der Waals surface area contributed by atoms with Crippen LogP contribution in [-0.4, -0.2) is 39.0 Å². The molecule has 0 aromatic rings. The second-order valence-corrected chi connectivity index (χ2v) is 15.7. The van der Waals surface area contributed by atoms with Crippen molar-refractivity contribution in [2.75, 3.05) is 12.8 Å². The minimum Gasteiger partial charge on any atom is -0.369 e. The van der Waals surface area contributed by atoms with Crippen LogP contribution in [0.15, 0.2) is 11.1 Å². The number of piperidine rings is 1. The van der Waals surface area contributed by atoms with Crippen molar-refractivity contribution in [1.82, 2.24) is 5.32 Å². The van der Waals surface area contributed by atoms with Gasteiger partial charge in [0.25, 0.3) is 0 Å². The number of hydrogen-bond donors (Lipinski definition) is 1. The third kappa shape index (κ3) is 4.11. The molecule has 2 heterocycles. The van der Waals surface area contributed by atoms with E-state index in [0.29, 0.717) is 35.3 Å². The molecule has 6 heteroatoms. The van der Waals surface area contributed by atoms with E-state index in [4.69, 9.17) is 4.74 Å². The van der Waals surface area contributed by atoms with Crippen LogP contribution in [0.2, 0.25) is 0 Å². The van der Waals surface area contributed by atoms with E-state index in [2.05, 4.69) is 43.3 Å². The Morgan fingerprint density at radius 2 is 1.92 bits per heavy atom. The van der Waals surface area contributed by atoms with Crippen molar-refractivity contribution in [3.8, 4) is 6.07 Å². The van der Waals surface area contributed by atoms with Crippen molar-refractivity contribution < 1.29 is 13.2 Å². The lowest BCUT2D eigenvalue weighted by Crippen LogP contribution is -2.48. The summed E-state index contributed by atoms with van der Waals surface area (Å²) in [5.41, 5.74) is 3.84. The zero-order valence-electron chi connectivity index (χ0n) is 23.1. The molecule has 2 saturated heterocycles. The normalized spacial score (nSPS) is 50.4. The van der Waals surface area contributed by atoms with Crippen molar-refractivity contribution in [3.05, 3.63) is 15.4 Å². The van der Waals surface area contributed by atoms with Gasteiger partial charge in [-0.3, -0.25) is 0 Å². The summed E-state index contributed by atoms with van der Waals surface area (Å²) in [6, 6.07) is 3.53. The maximum atomic E-state index is 11.5. The molecule has 6 aliphatic rings. The highest BCUT2D eigenvalue weighted by atomic mass is 32.2. The first kappa shape index (κ1) is 25.4. The van der Waals surface area contributed by atoms with E-state index in [9.17, 15) is 8.42 Å². The third-order valence-electron chi connectivity index (χ3n) is 12.0. The average molecular weight is 516 g/mol. The van der Waals surface area contributed by atoms with E-state index in [0.717, 1.165) is 43.6 Å². The molecule has 5 fully saturated rings. The van der Waals surface area contributed by atoms with Crippen LogP contribution in [-0.2, 0) is 14.8 Å². The van der Waals surface area contributed by atoms with Gasteiger partial charge < -0.3 is 10.1 Å². The van der Waals surface area contributed by atoms with Gasteiger partial charge in [0.15, 0.2) is 0 Å². The summed E-state index contributed by atoms with van der Waals surface area (Å²) >= 11 is 0. The van der Waals surface area contributed by atoms with Gasteiger partial charge in [0.2, 0.25) is 0 Å². The first-order valence-corrected chi connectivity index (χ1v) is 16.6. The number of nitrogens with one attached hydrogen (secondary N) is 1. The molecule has 0 amide bonds. The summed E-state index contributed by atoms with van der Waals surface area (Å²) in [6.07, 6.45) is 13.6. The Kier molecular flexibility index (Phi) is 6.22. The molecule has 1 spiro atoms. The molecule has 11 atom stereocenters. The Hall–Kier alpha value is -0.900. The molecule has 1 N–H and O–H groups in total. The van der Waals surface area contributed by atoms with Crippen LogP contribution >= 0.6 is 0 Å². The topological polar surface area (TPSA) is 59.8 Å². The first-order valence-electron chi connectivity index (χ1n) is 14.8. The predicted octanol–water partition coefficient (Wildman–Crippen LogP) is 6.02. The number of allylic oxidation sites excluding steroid dienone is 1. The molecule has 1 unspecified atom stereocenters. The van der Waals surface area contributed by atoms with Gasteiger partial charge in [0.1, 0.15) is 6.26 Å². The van der Waals surface area contributed by atoms with E-state index >= 15 is 0 Å². The lowest BCUT2D eigenvalue weighted by molar-refractivity contribution is -0.0747. The van der Waals surface area contributed by atoms with Gasteiger partial charge in [-0.2, -0.15) is 0 Å². The van der Waals surface area contributed by atoms with Crippen LogP contribution in [0.1, 0.15) is 91.9 Å². The van der Waals surface area contributed by atoms with Crippen molar-refractivity contribution in [2.45, 2.75) is 110 Å². The minimum absolute atomic E-state index is 0.0251. The molecule has 5 nitrogen and oxygen atoms in total. The van der Waals surface area contributed by atoms with E-state index < -0.39 is 10.0 Å². The van der Waals surface area contributed by atoms with Crippen molar-refractivity contribution >= 4 is 10.0 Å². The quantitative estimate of drug-likeness (QED) is 0.401. The van der Waals surface area contributed by atoms with Gasteiger partial charge in [-0.15, -0.1) is 8.42 Å². The fraction of sp³-hybridized carbons (Fsp3) is 0.900. The highest BCUT2D eigenvalue weighted by Crippen LogP contribution is 2.65. The van der Waals surface area contributed by atoms with Gasteiger partial charge in [0.05, 0.1) is 21.9 Å². The molecule has 0 bridgehead atoms. The Balaban J connectivity index is 1.22. The number of sulfonamides is 1. The van der Waals surface area contributed by atoms with Gasteiger partial charge in [-0.05, 0) is 113 Å². The van der Waals surface area contributed by atoms with Crippen LogP contribution < -0.4 is 5.32 Å². The summed E-state index contributed by atoms with van der Waals surface area (Å²) in [5, 5.41) is 3.85. The Labute approximate surface area is 219 Å². The average Bonchev–Trinajstić information content (AvgIpc) is 3.27. The molecule has 36 heavy (non-hydrogen) atoms. The largest absolute Gasteiger partial charge is 0.476 e. The molecule has 0 aromatic heterocycles. The summed E-state index contributed by atoms with van der Waals surface area (Å²) in [4.78, 5) is 0. The van der Waals surface area contributed by atoms with Crippen LogP contribution in [0.4, 0.5) is 0 Å². The van der Waals surface area contributed by atoms with E-state index in [-0.39, 0.29) is 11.5 Å². The fourth-order valence-electron chi connectivity index (χ4n) is 10.1. The van der Waals surface area contributed by atoms with Crippen molar-refractivity contribution in [2.24, 2.45) is 46.8 Å². The second kappa shape index (κ2) is 8.82. The SMILES string of the molecule is CC1=C2C[C@H]3[C@@H](CC[C@@H]4CC(C#[N+]S(C)(=O)=O)CC[C@@]43C)[C@@H]2CC[C@@]2(C1)O[C@@H]1C[C@H](C)CN[C@H]1[C@H]2C. The highest BCUT2D eigenvalue weighted by molar-refractivity contribution is 7.92. The second-order valence-electron chi connectivity index (χ2n) is 14.1. The molecular weight excluding hydrogens is 468 g/mol. The van der Waals surface area contributed by atoms with Gasteiger partial charge in [-0.1, -0.05) is 31.9 Å². The molecule has 0 radical (unpaired) electrons. The van der Waals surface area contributed by atoms with Crippen LogP contribution in [0, 0.1) is 52.9 Å². The number of hydrogen-bond acceptors (Lipinski definition) is 4. The van der Waals surface area contributed by atoms with Crippen LogP contribution in [0.3, 0.4) is 0 Å². The summed E-state index contributed by atoms with van der Waals surface area (Å²) in [5.74, 6) is 4.49. The molecular formula is C30H47N2O3S+. The van der Waals surface area contributed by atoms with Gasteiger partial charge in [0, 0.05) is 12.0 Å². The first-order chi connectivity index (χ1) is 17.0. The third-order valence-corrected chi connectivity index (χ3v) is 12.5. The highest BCUT2D eigenvalue weighted by Gasteiger charge is 2.59. The predicted molar refractivity (Wildman–Crippen MR) is 144 cm³/mol. The molecule has 200 valence electrons. The standard InChI is InChI=1S/C30H47N2O3S/c1-18-12-27-28(31-16-18)20(3)30(35-27)11-9-23-24-7-6-22-13-21(17-32-36(5,33)34)8-10-29(22,4)26(24)14-25(23)19(2)15-30/h18,20-24,26-28,31H,6-16H2,1-5H3/q+1/t18-,20+,21?,22+,23-,24-,26-,27+,28-,29-,30-/m0/s1. The van der Waals surface area contributed by atoms with Crippen LogP contribution in [0.5, 0.6) is 0 Å². The number of rotatable bonds is 0. The number of fused-ring (bicyclic) bond motifs is 6. The lowest BCUT2D eigenvalue weighted by atomic mass is 9.51. The molecule has 0 aromatic carbocycles. The van der Waals surface area contributed by atoms with E-state index in [1.54, 1.807) is 11.1 Å². The molecule has 6 rings (SSSR count). The van der Waals surface area contributed by atoms with Crippen molar-refractivity contribution in [3.63, 3.8) is 0 Å². The molecule has 3 saturated carbocycles. The van der Waals surface area contributed by atoms with Crippen LogP contribution in [0.25, 0.3) is 4.25 Å². The molecule has 2 aliphatic heterocycles. The Bertz CT molecular complexity index is 1100. The maximum Gasteiger partial charge on any atom is 0.476 e. The smallest absolute Gasteiger partial charge is 0.369 e. The summed E-state index contributed by atoms with van der Waals surface area (Å²) in [6.45, 7) is 11.0. The van der Waals surface area contributed by atoms with Crippen molar-refractivity contribution in [1.29, 1.82) is 0 Å². The Morgan fingerprint density at radius 3 is 2.69 bits per heavy atom. The zero-order valence-corrected chi connectivity index (χ0v) is 23.9. The minimum atomic E-state index is -3.34. The Morgan fingerprint density at radius 1 is 1.11 bits per heavy atom. The zero-order chi connectivity index (χ0) is 25.5. The lowest BCUT2D eigenvalue weighted by Gasteiger charge is -2.53. The number of ether oxygens (including phenoxy) is 1. The summed E-state index contributed by atoms with van der Waals surface area (Å²) in [7, 11) is -3.34. The van der Waals surface area contributed by atoms with E-state index in [1.807, 2.05) is 0 Å². The number of nitrogens with zero attached hydrogens (tertiary/aromatic N) is 1. The van der Waals surface area contributed by atoms with Gasteiger partial charge >= 0.3 is 16.1 Å². The molecule has 4 aliphatic carbocycles. The van der Waals surface area contributed by atoms with E-state index in [1.165, 1.54) is 51.2 Å².